The number of hydrogen-bond acceptors (Lipinski definition) is 3. The first-order valence-corrected chi connectivity index (χ1v) is 5.48. The van der Waals surface area contributed by atoms with Crippen LogP contribution in [0, 0.1) is 5.82 Å². The lowest BCUT2D eigenvalue weighted by Crippen LogP contribution is -2.40. The predicted molar refractivity (Wildman–Crippen MR) is 57.3 cm³/mol. The molecule has 21 heavy (non-hydrogen) atoms. The van der Waals surface area contributed by atoms with Crippen LogP contribution in [0.2, 0.25) is 0 Å². The minimum absolute atomic E-state index is 0.0786. The number of hydrogen-bond donors (Lipinski definition) is 0. The molecule has 0 heterocycles. The maximum atomic E-state index is 13.4. The van der Waals surface area contributed by atoms with E-state index in [1.165, 1.54) is 6.92 Å². The fraction of sp³-hybridized carbons (Fsp3) is 0.333. The number of ether oxygens (including phenoxy) is 1. The van der Waals surface area contributed by atoms with E-state index < -0.39 is 47.4 Å². The monoisotopic (exact) mass is 314 g/mol. The minimum atomic E-state index is -4.96. The molecule has 0 aliphatic rings. The molecule has 0 radical (unpaired) electrons. The summed E-state index contributed by atoms with van der Waals surface area (Å²) in [5, 5.41) is 0. The minimum Gasteiger partial charge on any atom is -0.461 e. The van der Waals surface area contributed by atoms with Gasteiger partial charge in [0.05, 0.1) is 17.7 Å². The molecule has 0 amide bonds. The summed E-state index contributed by atoms with van der Waals surface area (Å²) < 4.78 is 81.4. The van der Waals surface area contributed by atoms with Crippen molar-refractivity contribution in [1.82, 2.24) is 0 Å². The van der Waals surface area contributed by atoms with Crippen molar-refractivity contribution in [1.29, 1.82) is 0 Å². The molecular weight excluding hydrogens is 306 g/mol. The van der Waals surface area contributed by atoms with Gasteiger partial charge in [0.25, 0.3) is 0 Å². The van der Waals surface area contributed by atoms with Crippen LogP contribution < -0.4 is 0 Å². The number of carbonyl (C=O) groups excluding carboxylic acids is 2. The van der Waals surface area contributed by atoms with E-state index in [0.29, 0.717) is 0 Å². The van der Waals surface area contributed by atoms with Gasteiger partial charge >= 0.3 is 18.1 Å². The Morgan fingerprint density at radius 3 is 2.19 bits per heavy atom. The van der Waals surface area contributed by atoms with Crippen molar-refractivity contribution < 1.29 is 40.7 Å². The number of halogens is 6. The van der Waals surface area contributed by atoms with Gasteiger partial charge in [0, 0.05) is 0 Å². The molecule has 0 N–H and O–H groups in total. The number of ketones is 1. The van der Waals surface area contributed by atoms with Gasteiger partial charge in [-0.3, -0.25) is 4.79 Å². The van der Waals surface area contributed by atoms with Gasteiger partial charge in [-0.2, -0.15) is 22.0 Å². The van der Waals surface area contributed by atoms with Crippen LogP contribution in [0.25, 0.3) is 0 Å². The van der Waals surface area contributed by atoms with E-state index in [4.69, 9.17) is 0 Å². The van der Waals surface area contributed by atoms with Crippen LogP contribution in [0.15, 0.2) is 18.2 Å². The molecule has 3 nitrogen and oxygen atoms in total. The van der Waals surface area contributed by atoms with Gasteiger partial charge < -0.3 is 4.74 Å². The molecule has 9 heteroatoms. The van der Waals surface area contributed by atoms with Gasteiger partial charge in [0.2, 0.25) is 5.78 Å². The highest BCUT2D eigenvalue weighted by Gasteiger charge is 2.50. The number of rotatable bonds is 4. The van der Waals surface area contributed by atoms with Crippen LogP contribution in [0.5, 0.6) is 0 Å². The second kappa shape index (κ2) is 5.74. The van der Waals surface area contributed by atoms with Crippen molar-refractivity contribution in [3.63, 3.8) is 0 Å². The lowest BCUT2D eigenvalue weighted by molar-refractivity contribution is -0.164. The summed E-state index contributed by atoms with van der Waals surface area (Å²) in [7, 11) is 0. The lowest BCUT2D eigenvalue weighted by Gasteiger charge is -2.15. The average Bonchev–Trinajstić information content (AvgIpc) is 2.37. The molecule has 0 unspecified atom stereocenters. The SMILES string of the molecule is CCOC(=O)C(F)(F)C(=O)c1cc(C(F)(F)F)ccc1F. The molecule has 0 atom stereocenters. The Morgan fingerprint density at radius 2 is 1.71 bits per heavy atom. The van der Waals surface area contributed by atoms with Crippen LogP contribution in [-0.4, -0.2) is 24.3 Å². The van der Waals surface area contributed by atoms with E-state index in [1.54, 1.807) is 0 Å². The van der Waals surface area contributed by atoms with Gasteiger partial charge in [-0.1, -0.05) is 0 Å². The highest BCUT2D eigenvalue weighted by molar-refractivity contribution is 6.14. The maximum Gasteiger partial charge on any atom is 0.416 e. The normalized spacial score (nSPS) is 12.1. The standard InChI is InChI=1S/C12H8F6O3/c1-2-21-10(20)11(14,15)9(19)7-5-6(12(16,17)18)3-4-8(7)13/h3-5H,2H2,1H3. The largest absolute Gasteiger partial charge is 0.461 e. The van der Waals surface area contributed by atoms with E-state index in [-0.39, 0.29) is 18.2 Å². The molecule has 1 rings (SSSR count). The summed E-state index contributed by atoms with van der Waals surface area (Å²) in [6.07, 6.45) is -4.96. The van der Waals surface area contributed by atoms with Gasteiger partial charge in [-0.15, -0.1) is 0 Å². The topological polar surface area (TPSA) is 43.4 Å². The summed E-state index contributed by atoms with van der Waals surface area (Å²) in [5.41, 5.74) is -3.03. The zero-order valence-electron chi connectivity index (χ0n) is 10.4. The molecule has 116 valence electrons. The first-order chi connectivity index (χ1) is 9.51. The first kappa shape index (κ1) is 17.0. The highest BCUT2D eigenvalue weighted by atomic mass is 19.4. The molecular formula is C12H8F6O3. The Bertz CT molecular complexity index is 565. The zero-order valence-corrected chi connectivity index (χ0v) is 10.4. The van der Waals surface area contributed by atoms with Gasteiger partial charge in [-0.05, 0) is 25.1 Å². The number of esters is 1. The Kier molecular flexibility index (Phi) is 4.65. The third kappa shape index (κ3) is 3.53. The smallest absolute Gasteiger partial charge is 0.416 e. The molecule has 0 fully saturated rings. The summed E-state index contributed by atoms with van der Waals surface area (Å²) in [6.45, 7) is 0.704. The van der Waals surface area contributed by atoms with Crippen LogP contribution in [-0.2, 0) is 15.7 Å². The van der Waals surface area contributed by atoms with E-state index in [0.717, 1.165) is 0 Å². The third-order valence-corrected chi connectivity index (χ3v) is 2.36. The maximum absolute atomic E-state index is 13.4. The average molecular weight is 314 g/mol. The van der Waals surface area contributed by atoms with E-state index >= 15 is 0 Å². The molecule has 0 spiro atoms. The predicted octanol–water partition coefficient (Wildman–Crippen LogP) is 3.23. The number of alkyl halides is 5. The summed E-state index contributed by atoms with van der Waals surface area (Å²) >= 11 is 0. The van der Waals surface area contributed by atoms with E-state index in [9.17, 15) is 35.9 Å². The molecule has 0 saturated carbocycles. The van der Waals surface area contributed by atoms with Crippen molar-refractivity contribution in [3.8, 4) is 0 Å². The Hall–Kier alpha value is -2.06. The van der Waals surface area contributed by atoms with Crippen LogP contribution in [0.4, 0.5) is 26.3 Å². The quantitative estimate of drug-likeness (QED) is 0.371. The zero-order chi connectivity index (χ0) is 16.4. The van der Waals surface area contributed by atoms with Crippen molar-refractivity contribution in [2.75, 3.05) is 6.61 Å². The van der Waals surface area contributed by atoms with Crippen LogP contribution in [0.3, 0.4) is 0 Å². The van der Waals surface area contributed by atoms with E-state index in [2.05, 4.69) is 4.74 Å². The summed E-state index contributed by atoms with van der Waals surface area (Å²) in [5.74, 6) is -11.0. The van der Waals surface area contributed by atoms with Crippen molar-refractivity contribution in [2.45, 2.75) is 19.0 Å². The second-order valence-corrected chi connectivity index (χ2v) is 3.82. The van der Waals surface area contributed by atoms with Gasteiger partial charge in [0.1, 0.15) is 5.82 Å². The van der Waals surface area contributed by atoms with Gasteiger partial charge in [-0.25, -0.2) is 9.18 Å². The molecule has 0 aliphatic carbocycles. The molecule has 0 bridgehead atoms. The fourth-order valence-corrected chi connectivity index (χ4v) is 1.36. The lowest BCUT2D eigenvalue weighted by atomic mass is 10.0. The number of carbonyl (C=O) groups is 2. The van der Waals surface area contributed by atoms with Crippen LogP contribution >= 0.6 is 0 Å². The fourth-order valence-electron chi connectivity index (χ4n) is 1.36. The highest BCUT2D eigenvalue weighted by Crippen LogP contribution is 2.32. The molecule has 1 aromatic rings. The molecule has 0 aliphatic heterocycles. The summed E-state index contributed by atoms with van der Waals surface area (Å²) in [4.78, 5) is 22.4. The molecule has 0 saturated heterocycles. The second-order valence-electron chi connectivity index (χ2n) is 3.82. The summed E-state index contributed by atoms with van der Waals surface area (Å²) in [6, 6.07) is 0.427. The number of Topliss-reactive ketones (excluding diaryl/α,β-unsaturated/α-hetero) is 1. The van der Waals surface area contributed by atoms with Gasteiger partial charge in [0.15, 0.2) is 0 Å². The first-order valence-electron chi connectivity index (χ1n) is 5.48. The molecule has 1 aromatic carbocycles. The van der Waals surface area contributed by atoms with Crippen LogP contribution in [0.1, 0.15) is 22.8 Å². The van der Waals surface area contributed by atoms with Crippen molar-refractivity contribution in [2.24, 2.45) is 0 Å². The molecule has 0 aromatic heterocycles. The Labute approximate surface area is 114 Å². The van der Waals surface area contributed by atoms with Crippen molar-refractivity contribution in [3.05, 3.63) is 35.1 Å². The Morgan fingerprint density at radius 1 is 1.14 bits per heavy atom. The van der Waals surface area contributed by atoms with E-state index in [1.807, 2.05) is 0 Å². The Balaban J connectivity index is 3.27. The third-order valence-electron chi connectivity index (χ3n) is 2.36. The number of benzene rings is 1. The van der Waals surface area contributed by atoms with Crippen molar-refractivity contribution >= 4 is 11.8 Å².